The van der Waals surface area contributed by atoms with E-state index in [2.05, 4.69) is 10.6 Å². The number of amides is 2. The van der Waals surface area contributed by atoms with Crippen molar-refractivity contribution in [3.05, 3.63) is 101 Å². The van der Waals surface area contributed by atoms with Crippen molar-refractivity contribution in [3.8, 4) is 0 Å². The highest BCUT2D eigenvalue weighted by Crippen LogP contribution is 2.27. The third-order valence-electron chi connectivity index (χ3n) is 5.80. The summed E-state index contributed by atoms with van der Waals surface area (Å²) in [6.07, 6.45) is 1.54. The maximum atomic E-state index is 12.4. The minimum atomic E-state index is -0.172. The van der Waals surface area contributed by atoms with Crippen molar-refractivity contribution in [2.24, 2.45) is 5.92 Å². The summed E-state index contributed by atoms with van der Waals surface area (Å²) in [7, 11) is 0. The van der Waals surface area contributed by atoms with E-state index >= 15 is 0 Å². The summed E-state index contributed by atoms with van der Waals surface area (Å²) in [6, 6.07) is 25.9. The molecule has 0 saturated heterocycles. The van der Waals surface area contributed by atoms with Crippen LogP contribution in [0, 0.1) is 5.92 Å². The maximum absolute atomic E-state index is 12.4. The van der Waals surface area contributed by atoms with Crippen molar-refractivity contribution < 1.29 is 14.3 Å². The van der Waals surface area contributed by atoms with Crippen molar-refractivity contribution in [2.45, 2.75) is 39.0 Å². The number of carbonyl (C=O) groups excluding carboxylic acids is 2. The molecule has 1 aliphatic rings. The number of carbonyl (C=O) groups is 2. The van der Waals surface area contributed by atoms with E-state index < -0.39 is 0 Å². The van der Waals surface area contributed by atoms with Crippen molar-refractivity contribution in [1.82, 2.24) is 5.32 Å². The quantitative estimate of drug-likeness (QED) is 0.523. The molecule has 0 fully saturated rings. The van der Waals surface area contributed by atoms with Gasteiger partial charge in [0.1, 0.15) is 0 Å². The van der Waals surface area contributed by atoms with E-state index in [1.54, 1.807) is 0 Å². The Balaban J connectivity index is 1.24. The summed E-state index contributed by atoms with van der Waals surface area (Å²) >= 11 is 0. The Morgan fingerprint density at radius 2 is 1.62 bits per heavy atom. The van der Waals surface area contributed by atoms with Crippen LogP contribution in [-0.4, -0.2) is 11.8 Å². The van der Waals surface area contributed by atoms with E-state index in [0.717, 1.165) is 27.9 Å². The van der Waals surface area contributed by atoms with Crippen LogP contribution in [0.3, 0.4) is 0 Å². The summed E-state index contributed by atoms with van der Waals surface area (Å²) in [5.74, 6) is -0.219. The Morgan fingerprint density at radius 3 is 2.47 bits per heavy atom. The second kappa shape index (κ2) is 10.7. The van der Waals surface area contributed by atoms with E-state index in [1.165, 1.54) is 0 Å². The molecule has 1 aliphatic heterocycles. The lowest BCUT2D eigenvalue weighted by Gasteiger charge is -2.24. The number of rotatable bonds is 9. The molecule has 0 spiro atoms. The average molecular weight is 429 g/mol. The Hall–Kier alpha value is -3.44. The molecule has 2 N–H and O–H groups in total. The smallest absolute Gasteiger partial charge is 0.227 e. The lowest BCUT2D eigenvalue weighted by molar-refractivity contribution is -0.122. The average Bonchev–Trinajstić information content (AvgIpc) is 2.83. The highest BCUT2D eigenvalue weighted by atomic mass is 16.5. The van der Waals surface area contributed by atoms with Gasteiger partial charge in [-0.3, -0.25) is 9.59 Å². The van der Waals surface area contributed by atoms with E-state index in [4.69, 9.17) is 4.74 Å². The molecule has 4 rings (SSSR count). The van der Waals surface area contributed by atoms with Crippen LogP contribution in [0.5, 0.6) is 0 Å². The molecule has 0 bridgehead atoms. The molecule has 32 heavy (non-hydrogen) atoms. The lowest BCUT2D eigenvalue weighted by Crippen LogP contribution is -2.31. The third-order valence-corrected chi connectivity index (χ3v) is 5.80. The van der Waals surface area contributed by atoms with E-state index in [-0.39, 0.29) is 17.7 Å². The highest BCUT2D eigenvalue weighted by molar-refractivity contribution is 5.96. The van der Waals surface area contributed by atoms with Gasteiger partial charge in [-0.05, 0) is 41.2 Å². The van der Waals surface area contributed by atoms with Gasteiger partial charge in [0, 0.05) is 24.6 Å². The first kappa shape index (κ1) is 21.8. The molecule has 3 aromatic carbocycles. The summed E-state index contributed by atoms with van der Waals surface area (Å²) in [6.45, 7) is 1.49. The van der Waals surface area contributed by atoms with Crippen LogP contribution in [0.4, 0.5) is 5.69 Å². The van der Waals surface area contributed by atoms with Gasteiger partial charge in [-0.25, -0.2) is 0 Å². The predicted octanol–water partition coefficient (Wildman–Crippen LogP) is 4.61. The van der Waals surface area contributed by atoms with Crippen LogP contribution in [0.15, 0.2) is 78.9 Å². The molecule has 0 unspecified atom stereocenters. The maximum Gasteiger partial charge on any atom is 0.227 e. The third kappa shape index (κ3) is 5.83. The molecule has 0 aromatic heterocycles. The van der Waals surface area contributed by atoms with Crippen molar-refractivity contribution in [3.63, 3.8) is 0 Å². The Kier molecular flexibility index (Phi) is 7.31. The van der Waals surface area contributed by atoms with Crippen LogP contribution in [0.2, 0.25) is 0 Å². The van der Waals surface area contributed by atoms with E-state index in [9.17, 15) is 9.59 Å². The van der Waals surface area contributed by atoms with Crippen LogP contribution >= 0.6 is 0 Å². The fourth-order valence-corrected chi connectivity index (χ4v) is 3.96. The van der Waals surface area contributed by atoms with Crippen LogP contribution in [0.25, 0.3) is 0 Å². The largest absolute Gasteiger partial charge is 0.372 e. The standard InChI is InChI=1S/C27H28N2O3/c30-26(15-14-22-16-21-10-6-7-13-25(21)29-27(22)31)28-17-23-11-4-5-12-24(23)19-32-18-20-8-2-1-3-9-20/h1-13,22H,14-19H2,(H,28,30)(H,29,31)/t22-/m0/s1. The van der Waals surface area contributed by atoms with Crippen molar-refractivity contribution >= 4 is 17.5 Å². The molecule has 0 saturated carbocycles. The van der Waals surface area contributed by atoms with Gasteiger partial charge < -0.3 is 15.4 Å². The predicted molar refractivity (Wildman–Crippen MR) is 125 cm³/mol. The van der Waals surface area contributed by atoms with E-state index in [1.807, 2.05) is 78.9 Å². The first-order chi connectivity index (χ1) is 15.7. The first-order valence-electron chi connectivity index (χ1n) is 11.0. The van der Waals surface area contributed by atoms with Crippen molar-refractivity contribution in [2.75, 3.05) is 5.32 Å². The molecule has 1 heterocycles. The number of nitrogens with one attached hydrogen (secondary N) is 2. The summed E-state index contributed by atoms with van der Waals surface area (Å²) in [5.41, 5.74) is 5.24. The molecular weight excluding hydrogens is 400 g/mol. The number of benzene rings is 3. The van der Waals surface area contributed by atoms with Gasteiger partial charge in [0.25, 0.3) is 0 Å². The van der Waals surface area contributed by atoms with Gasteiger partial charge in [-0.15, -0.1) is 0 Å². The molecule has 0 aliphatic carbocycles. The molecule has 5 heteroatoms. The monoisotopic (exact) mass is 428 g/mol. The van der Waals surface area contributed by atoms with Crippen molar-refractivity contribution in [1.29, 1.82) is 0 Å². The zero-order valence-corrected chi connectivity index (χ0v) is 18.1. The second-order valence-electron chi connectivity index (χ2n) is 8.11. The summed E-state index contributed by atoms with van der Waals surface area (Å²) in [5, 5.41) is 5.94. The number of para-hydroxylation sites is 1. The lowest BCUT2D eigenvalue weighted by atomic mass is 9.89. The van der Waals surface area contributed by atoms with Gasteiger partial charge in [0.2, 0.25) is 11.8 Å². The van der Waals surface area contributed by atoms with Crippen LogP contribution < -0.4 is 10.6 Å². The molecule has 2 amide bonds. The second-order valence-corrected chi connectivity index (χ2v) is 8.11. The normalized spacial score (nSPS) is 15.0. The topological polar surface area (TPSA) is 67.4 Å². The molecule has 164 valence electrons. The number of ether oxygens (including phenoxy) is 1. The number of hydrogen-bond donors (Lipinski definition) is 2. The van der Waals surface area contributed by atoms with Gasteiger partial charge in [0.05, 0.1) is 13.2 Å². The first-order valence-corrected chi connectivity index (χ1v) is 11.0. The number of anilines is 1. The fourth-order valence-electron chi connectivity index (χ4n) is 3.96. The zero-order valence-electron chi connectivity index (χ0n) is 18.1. The Bertz CT molecular complexity index is 1070. The summed E-state index contributed by atoms with van der Waals surface area (Å²) in [4.78, 5) is 24.8. The molecule has 0 radical (unpaired) electrons. The molecular formula is C27H28N2O3. The molecule has 3 aromatic rings. The number of hydrogen-bond acceptors (Lipinski definition) is 3. The van der Waals surface area contributed by atoms with Gasteiger partial charge in [0.15, 0.2) is 0 Å². The minimum Gasteiger partial charge on any atom is -0.372 e. The van der Waals surface area contributed by atoms with Crippen LogP contribution in [-0.2, 0) is 40.5 Å². The molecule has 1 atom stereocenters. The number of fused-ring (bicyclic) bond motifs is 1. The Labute approximate surface area is 188 Å². The molecule has 5 nitrogen and oxygen atoms in total. The van der Waals surface area contributed by atoms with Gasteiger partial charge in [-0.2, -0.15) is 0 Å². The Morgan fingerprint density at radius 1 is 0.906 bits per heavy atom. The minimum absolute atomic E-state index is 0.00240. The SMILES string of the molecule is O=C(CC[C@H]1Cc2ccccc2NC1=O)NCc1ccccc1COCc1ccccc1. The van der Waals surface area contributed by atoms with Gasteiger partial charge in [-0.1, -0.05) is 72.8 Å². The summed E-state index contributed by atoms with van der Waals surface area (Å²) < 4.78 is 5.86. The van der Waals surface area contributed by atoms with E-state index in [0.29, 0.717) is 39.0 Å². The van der Waals surface area contributed by atoms with Gasteiger partial charge >= 0.3 is 0 Å². The zero-order chi connectivity index (χ0) is 22.2. The fraction of sp³-hybridized carbons (Fsp3) is 0.259. The van der Waals surface area contributed by atoms with Crippen LogP contribution in [0.1, 0.15) is 35.1 Å². The highest BCUT2D eigenvalue weighted by Gasteiger charge is 2.26.